The predicted molar refractivity (Wildman–Crippen MR) is 101 cm³/mol. The first-order valence-electron chi connectivity index (χ1n) is 7.62. The van der Waals surface area contributed by atoms with Crippen LogP contribution in [0.5, 0.6) is 11.5 Å². The van der Waals surface area contributed by atoms with Gasteiger partial charge in [0.2, 0.25) is 0 Å². The molecule has 0 aromatic heterocycles. The van der Waals surface area contributed by atoms with E-state index in [9.17, 15) is 4.79 Å². The first-order valence-corrected chi connectivity index (χ1v) is 8.37. The molecule has 0 aliphatic heterocycles. The second kappa shape index (κ2) is 9.89. The van der Waals surface area contributed by atoms with E-state index < -0.39 is 0 Å². The van der Waals surface area contributed by atoms with Gasteiger partial charge in [-0.05, 0) is 23.8 Å². The summed E-state index contributed by atoms with van der Waals surface area (Å²) in [5, 5.41) is 7.44. The summed E-state index contributed by atoms with van der Waals surface area (Å²) in [6.45, 7) is 0.0961. The molecule has 2 aromatic carbocycles. The monoisotopic (exact) mass is 396 g/mol. The van der Waals surface area contributed by atoms with E-state index in [-0.39, 0.29) is 12.5 Å². The lowest BCUT2D eigenvalue weighted by Crippen LogP contribution is -2.26. The van der Waals surface area contributed by atoms with Crippen LogP contribution in [0.3, 0.4) is 0 Å². The number of rotatable bonds is 8. The normalized spacial score (nSPS) is 10.6. The van der Waals surface area contributed by atoms with Crippen molar-refractivity contribution in [3.8, 4) is 11.5 Å². The molecular formula is C18H18Cl2N2O4. The molecule has 0 aliphatic rings. The van der Waals surface area contributed by atoms with Crippen molar-refractivity contribution in [1.82, 2.24) is 5.32 Å². The van der Waals surface area contributed by atoms with Crippen molar-refractivity contribution in [3.63, 3.8) is 0 Å². The third-order valence-electron chi connectivity index (χ3n) is 3.36. The van der Waals surface area contributed by atoms with E-state index in [0.717, 1.165) is 5.56 Å². The number of halogens is 2. The summed E-state index contributed by atoms with van der Waals surface area (Å²) in [5.41, 5.74) is 1.47. The molecule has 0 unspecified atom stereocenters. The third kappa shape index (κ3) is 5.54. The molecule has 0 saturated heterocycles. The number of carbonyl (C=O) groups is 1. The second-order valence-electron chi connectivity index (χ2n) is 5.11. The van der Waals surface area contributed by atoms with Crippen LogP contribution < -0.4 is 14.8 Å². The number of nitrogens with zero attached hydrogens (tertiary/aromatic N) is 1. The third-order valence-corrected chi connectivity index (χ3v) is 4.01. The van der Waals surface area contributed by atoms with Crippen LogP contribution in [0.4, 0.5) is 0 Å². The van der Waals surface area contributed by atoms with Gasteiger partial charge in [0.15, 0.2) is 18.1 Å². The summed E-state index contributed by atoms with van der Waals surface area (Å²) in [7, 11) is 3.01. The van der Waals surface area contributed by atoms with Gasteiger partial charge in [0.05, 0.1) is 25.5 Å². The SMILES string of the molecule is COc1cc(/C=N\OCC(=O)NCc2ccccc2Cl)cc(Cl)c1OC. The number of ether oxygens (including phenoxy) is 2. The first-order chi connectivity index (χ1) is 12.5. The standard InChI is InChI=1S/C18H18Cl2N2O4/c1-24-16-8-12(7-15(20)18(16)25-2)9-22-26-11-17(23)21-10-13-5-3-4-6-14(13)19/h3-9H,10-11H2,1-2H3,(H,21,23)/b22-9-. The molecular weight excluding hydrogens is 379 g/mol. The molecule has 6 nitrogen and oxygen atoms in total. The van der Waals surface area contributed by atoms with Crippen molar-refractivity contribution in [2.45, 2.75) is 6.54 Å². The molecule has 1 N–H and O–H groups in total. The highest BCUT2D eigenvalue weighted by molar-refractivity contribution is 6.32. The molecule has 26 heavy (non-hydrogen) atoms. The number of benzene rings is 2. The number of hydrogen-bond acceptors (Lipinski definition) is 5. The fourth-order valence-corrected chi connectivity index (χ4v) is 2.59. The average Bonchev–Trinajstić information content (AvgIpc) is 2.64. The van der Waals surface area contributed by atoms with Gasteiger partial charge < -0.3 is 19.6 Å². The molecule has 0 fully saturated rings. The maximum atomic E-state index is 11.8. The minimum absolute atomic E-state index is 0.220. The summed E-state index contributed by atoms with van der Waals surface area (Å²) in [6, 6.07) is 10.6. The van der Waals surface area contributed by atoms with E-state index in [2.05, 4.69) is 10.5 Å². The van der Waals surface area contributed by atoms with Gasteiger partial charge in [0.25, 0.3) is 5.91 Å². The van der Waals surface area contributed by atoms with Crippen molar-refractivity contribution >= 4 is 35.3 Å². The number of amides is 1. The fraction of sp³-hybridized carbons (Fsp3) is 0.222. The van der Waals surface area contributed by atoms with Gasteiger partial charge in [-0.1, -0.05) is 46.6 Å². The van der Waals surface area contributed by atoms with Crippen molar-refractivity contribution in [2.75, 3.05) is 20.8 Å². The lowest BCUT2D eigenvalue weighted by molar-refractivity contribution is -0.125. The molecule has 0 atom stereocenters. The highest BCUT2D eigenvalue weighted by Crippen LogP contribution is 2.35. The van der Waals surface area contributed by atoms with Crippen molar-refractivity contribution in [2.24, 2.45) is 5.16 Å². The number of carbonyl (C=O) groups excluding carboxylic acids is 1. The zero-order valence-corrected chi connectivity index (χ0v) is 15.8. The van der Waals surface area contributed by atoms with Gasteiger partial charge in [-0.3, -0.25) is 4.79 Å². The van der Waals surface area contributed by atoms with E-state index in [0.29, 0.717) is 33.7 Å². The lowest BCUT2D eigenvalue weighted by atomic mass is 10.2. The van der Waals surface area contributed by atoms with Crippen LogP contribution in [-0.4, -0.2) is 32.9 Å². The van der Waals surface area contributed by atoms with E-state index in [1.807, 2.05) is 18.2 Å². The van der Waals surface area contributed by atoms with Gasteiger partial charge in [-0.2, -0.15) is 0 Å². The zero-order chi connectivity index (χ0) is 18.9. The van der Waals surface area contributed by atoms with Gasteiger partial charge in [0.1, 0.15) is 0 Å². The van der Waals surface area contributed by atoms with E-state index in [4.69, 9.17) is 37.5 Å². The van der Waals surface area contributed by atoms with Crippen LogP contribution in [-0.2, 0) is 16.2 Å². The highest BCUT2D eigenvalue weighted by Gasteiger charge is 2.10. The molecule has 1 amide bonds. The Morgan fingerprint density at radius 2 is 1.92 bits per heavy atom. The van der Waals surface area contributed by atoms with Crippen LogP contribution in [0.25, 0.3) is 0 Å². The molecule has 8 heteroatoms. The Morgan fingerprint density at radius 3 is 2.62 bits per heavy atom. The Morgan fingerprint density at radius 1 is 1.15 bits per heavy atom. The summed E-state index contributed by atoms with van der Waals surface area (Å²) in [6.07, 6.45) is 1.43. The van der Waals surface area contributed by atoms with Gasteiger partial charge >= 0.3 is 0 Å². The van der Waals surface area contributed by atoms with Crippen molar-refractivity contribution in [3.05, 3.63) is 57.6 Å². The molecule has 2 rings (SSSR count). The number of nitrogens with one attached hydrogen (secondary N) is 1. The summed E-state index contributed by atoms with van der Waals surface area (Å²) >= 11 is 12.1. The van der Waals surface area contributed by atoms with E-state index in [1.165, 1.54) is 20.4 Å². The Kier molecular flexibility index (Phi) is 7.56. The van der Waals surface area contributed by atoms with E-state index in [1.54, 1.807) is 18.2 Å². The molecule has 138 valence electrons. The Labute approximate surface area is 161 Å². The van der Waals surface area contributed by atoms with Crippen LogP contribution in [0.15, 0.2) is 41.6 Å². The quantitative estimate of drug-likeness (QED) is 0.545. The molecule has 0 aliphatic carbocycles. The highest BCUT2D eigenvalue weighted by atomic mass is 35.5. The van der Waals surface area contributed by atoms with Crippen LogP contribution in [0.2, 0.25) is 10.0 Å². The minimum atomic E-state index is -0.313. The van der Waals surface area contributed by atoms with Gasteiger partial charge in [-0.15, -0.1) is 0 Å². The van der Waals surface area contributed by atoms with Crippen molar-refractivity contribution < 1.29 is 19.1 Å². The maximum absolute atomic E-state index is 11.8. The van der Waals surface area contributed by atoms with Crippen LogP contribution in [0, 0.1) is 0 Å². The van der Waals surface area contributed by atoms with Crippen LogP contribution >= 0.6 is 23.2 Å². The summed E-state index contributed by atoms with van der Waals surface area (Å²) in [5.74, 6) is 0.595. The molecule has 0 bridgehead atoms. The summed E-state index contributed by atoms with van der Waals surface area (Å²) < 4.78 is 10.4. The molecule has 0 saturated carbocycles. The molecule has 0 spiro atoms. The van der Waals surface area contributed by atoms with Gasteiger partial charge in [-0.25, -0.2) is 0 Å². The van der Waals surface area contributed by atoms with Gasteiger partial charge in [0, 0.05) is 17.1 Å². The number of hydrogen-bond donors (Lipinski definition) is 1. The first kappa shape index (κ1) is 19.9. The molecule has 0 radical (unpaired) electrons. The topological polar surface area (TPSA) is 69.2 Å². The van der Waals surface area contributed by atoms with Crippen molar-refractivity contribution in [1.29, 1.82) is 0 Å². The van der Waals surface area contributed by atoms with Crippen LogP contribution in [0.1, 0.15) is 11.1 Å². The minimum Gasteiger partial charge on any atom is -0.493 e. The predicted octanol–water partition coefficient (Wildman–Crippen LogP) is 3.68. The Balaban J connectivity index is 1.84. The largest absolute Gasteiger partial charge is 0.493 e. The fourth-order valence-electron chi connectivity index (χ4n) is 2.09. The maximum Gasteiger partial charge on any atom is 0.261 e. The second-order valence-corrected chi connectivity index (χ2v) is 5.93. The Hall–Kier alpha value is -2.44. The zero-order valence-electron chi connectivity index (χ0n) is 14.3. The lowest BCUT2D eigenvalue weighted by Gasteiger charge is -2.09. The summed E-state index contributed by atoms with van der Waals surface area (Å²) in [4.78, 5) is 16.8. The number of oxime groups is 1. The Bertz CT molecular complexity index is 797. The average molecular weight is 397 g/mol. The number of methoxy groups -OCH3 is 2. The molecule has 0 heterocycles. The smallest absolute Gasteiger partial charge is 0.261 e. The van der Waals surface area contributed by atoms with E-state index >= 15 is 0 Å². The molecule has 2 aromatic rings.